The number of primary amides is 1. The Morgan fingerprint density at radius 1 is 1.26 bits per heavy atom. The van der Waals surface area contributed by atoms with Crippen LogP contribution < -0.4 is 10.6 Å². The van der Waals surface area contributed by atoms with E-state index in [0.717, 1.165) is 11.1 Å². The molecule has 2 aromatic rings. The molecule has 5 nitrogen and oxygen atoms in total. The largest absolute Gasteiger partial charge is 0.365 e. The average Bonchev–Trinajstić information content (AvgIpc) is 2.94. The van der Waals surface area contributed by atoms with Gasteiger partial charge in [-0.05, 0) is 42.7 Å². The van der Waals surface area contributed by atoms with Gasteiger partial charge in [-0.25, -0.2) is 0 Å². The van der Waals surface area contributed by atoms with Gasteiger partial charge in [-0.3, -0.25) is 14.5 Å². The average molecular weight is 398 g/mol. The van der Waals surface area contributed by atoms with E-state index in [1.54, 1.807) is 24.3 Å². The van der Waals surface area contributed by atoms with E-state index in [-0.39, 0.29) is 16.5 Å². The first kappa shape index (κ1) is 19.0. The van der Waals surface area contributed by atoms with E-state index in [1.807, 2.05) is 37.3 Å². The minimum Gasteiger partial charge on any atom is -0.365 e. The predicted molar refractivity (Wildman–Crippen MR) is 107 cm³/mol. The maximum Gasteiger partial charge on any atom is 0.262 e. The van der Waals surface area contributed by atoms with Crippen LogP contribution in [0, 0.1) is 18.3 Å². The van der Waals surface area contributed by atoms with Crippen molar-refractivity contribution in [2.45, 2.75) is 18.6 Å². The molecule has 1 unspecified atom stereocenters. The number of para-hydroxylation sites is 1. The molecule has 27 heavy (non-hydrogen) atoms. The van der Waals surface area contributed by atoms with Crippen molar-refractivity contribution in [3.8, 4) is 6.07 Å². The van der Waals surface area contributed by atoms with Gasteiger partial charge in [-0.2, -0.15) is 5.26 Å². The highest BCUT2D eigenvalue weighted by Gasteiger charge is 2.40. The number of anilines is 1. The lowest BCUT2D eigenvalue weighted by molar-refractivity contribution is -0.117. The topological polar surface area (TPSA) is 87.2 Å². The molecule has 1 fully saturated rings. The van der Waals surface area contributed by atoms with Crippen LogP contribution in [-0.2, 0) is 16.0 Å². The summed E-state index contributed by atoms with van der Waals surface area (Å²) < 4.78 is 0. The molecule has 1 aliphatic rings. The van der Waals surface area contributed by atoms with Crippen LogP contribution in [0.2, 0.25) is 5.02 Å². The molecule has 1 heterocycles. The van der Waals surface area contributed by atoms with Crippen LogP contribution in [0.1, 0.15) is 11.1 Å². The molecule has 0 bridgehead atoms. The van der Waals surface area contributed by atoms with Crippen molar-refractivity contribution in [2.75, 3.05) is 4.90 Å². The predicted octanol–water partition coefficient (Wildman–Crippen LogP) is 3.56. The van der Waals surface area contributed by atoms with Crippen molar-refractivity contribution in [2.24, 2.45) is 5.73 Å². The van der Waals surface area contributed by atoms with E-state index in [2.05, 4.69) is 0 Å². The van der Waals surface area contributed by atoms with Crippen molar-refractivity contribution < 1.29 is 9.59 Å². The van der Waals surface area contributed by atoms with Crippen LogP contribution in [0.25, 0.3) is 0 Å². The summed E-state index contributed by atoms with van der Waals surface area (Å²) in [5, 5.41) is 9.84. The molecule has 0 spiro atoms. The first-order valence-corrected chi connectivity index (χ1v) is 9.43. The maximum atomic E-state index is 13.2. The lowest BCUT2D eigenvalue weighted by Crippen LogP contribution is -2.31. The monoisotopic (exact) mass is 397 g/mol. The highest BCUT2D eigenvalue weighted by molar-refractivity contribution is 8.05. The first-order valence-electron chi connectivity index (χ1n) is 8.17. The number of halogens is 1. The number of hydrogen-bond acceptors (Lipinski definition) is 4. The van der Waals surface area contributed by atoms with Gasteiger partial charge in [0.25, 0.3) is 5.91 Å². The lowest BCUT2D eigenvalue weighted by atomic mass is 10.1. The summed E-state index contributed by atoms with van der Waals surface area (Å²) in [5.41, 5.74) is 7.60. The van der Waals surface area contributed by atoms with E-state index < -0.39 is 11.2 Å². The molecular weight excluding hydrogens is 382 g/mol. The van der Waals surface area contributed by atoms with Gasteiger partial charge in [0.2, 0.25) is 5.91 Å². The summed E-state index contributed by atoms with van der Waals surface area (Å²) in [6.07, 6.45) is 0.448. The summed E-state index contributed by atoms with van der Waals surface area (Å²) in [5.74, 6) is -1.04. The van der Waals surface area contributed by atoms with Gasteiger partial charge in [0, 0.05) is 5.02 Å². The van der Waals surface area contributed by atoms with E-state index in [9.17, 15) is 14.9 Å². The summed E-state index contributed by atoms with van der Waals surface area (Å²) >= 11 is 7.11. The van der Waals surface area contributed by atoms with Gasteiger partial charge in [0.1, 0.15) is 16.7 Å². The van der Waals surface area contributed by atoms with Gasteiger partial charge in [0.15, 0.2) is 0 Å². The standard InChI is InChI=1S/C20H16ClN3O2S/c1-12-4-2-3-5-16(12)24-19(26)17(10-13-6-8-14(21)9-7-13)27-20(24)15(11-22)18(23)25/h2-9,17H,10H2,1H3,(H2,23,25). The molecular formula is C20H16ClN3O2S. The summed E-state index contributed by atoms with van der Waals surface area (Å²) in [6.45, 7) is 1.87. The fourth-order valence-electron chi connectivity index (χ4n) is 2.87. The van der Waals surface area contributed by atoms with Crippen molar-refractivity contribution in [3.63, 3.8) is 0 Å². The smallest absolute Gasteiger partial charge is 0.262 e. The number of carbonyl (C=O) groups excluding carboxylic acids is 2. The fourth-order valence-corrected chi connectivity index (χ4v) is 4.30. The number of carbonyl (C=O) groups is 2. The molecule has 136 valence electrons. The fraction of sp³-hybridized carbons (Fsp3) is 0.150. The van der Waals surface area contributed by atoms with Crippen LogP contribution in [0.4, 0.5) is 5.69 Å². The third kappa shape index (κ3) is 3.85. The third-order valence-corrected chi connectivity index (χ3v) is 5.73. The molecule has 1 saturated heterocycles. The Hall–Kier alpha value is -2.75. The number of nitrogens with two attached hydrogens (primary N) is 1. The Kier molecular flexibility index (Phi) is 5.54. The number of hydrogen-bond donors (Lipinski definition) is 1. The van der Waals surface area contributed by atoms with E-state index >= 15 is 0 Å². The second kappa shape index (κ2) is 7.87. The molecule has 1 aliphatic heterocycles. The zero-order valence-electron chi connectivity index (χ0n) is 14.5. The molecule has 0 radical (unpaired) electrons. The number of amides is 2. The Morgan fingerprint density at radius 2 is 1.93 bits per heavy atom. The summed E-state index contributed by atoms with van der Waals surface area (Å²) in [4.78, 5) is 26.4. The highest BCUT2D eigenvalue weighted by Crippen LogP contribution is 2.42. The van der Waals surface area contributed by atoms with E-state index in [0.29, 0.717) is 17.1 Å². The number of thioether (sulfide) groups is 1. The minimum absolute atomic E-state index is 0.187. The first-order chi connectivity index (χ1) is 12.9. The number of benzene rings is 2. The molecule has 3 rings (SSSR count). The van der Waals surface area contributed by atoms with E-state index in [4.69, 9.17) is 17.3 Å². The van der Waals surface area contributed by atoms with Gasteiger partial charge in [-0.1, -0.05) is 53.7 Å². The number of rotatable bonds is 4. The Morgan fingerprint density at radius 3 is 2.52 bits per heavy atom. The van der Waals surface area contributed by atoms with E-state index in [1.165, 1.54) is 16.7 Å². The van der Waals surface area contributed by atoms with Gasteiger partial charge >= 0.3 is 0 Å². The lowest BCUT2D eigenvalue weighted by Gasteiger charge is -2.20. The second-order valence-corrected chi connectivity index (χ2v) is 7.68. The Balaban J connectivity index is 2.05. The molecule has 0 aliphatic carbocycles. The number of aryl methyl sites for hydroxylation is 1. The van der Waals surface area contributed by atoms with Crippen molar-refractivity contribution in [1.29, 1.82) is 5.26 Å². The van der Waals surface area contributed by atoms with Crippen LogP contribution in [-0.4, -0.2) is 17.1 Å². The summed E-state index contributed by atoms with van der Waals surface area (Å²) in [7, 11) is 0. The zero-order valence-corrected chi connectivity index (χ0v) is 16.1. The minimum atomic E-state index is -0.849. The molecule has 2 aromatic carbocycles. The molecule has 0 saturated carbocycles. The van der Waals surface area contributed by atoms with Crippen molar-refractivity contribution in [1.82, 2.24) is 0 Å². The third-order valence-electron chi connectivity index (χ3n) is 4.22. The van der Waals surface area contributed by atoms with Crippen molar-refractivity contribution in [3.05, 3.63) is 75.3 Å². The zero-order chi connectivity index (χ0) is 19.6. The molecule has 0 aromatic heterocycles. The van der Waals surface area contributed by atoms with Crippen LogP contribution in [0.15, 0.2) is 59.1 Å². The number of nitrogens with zero attached hydrogens (tertiary/aromatic N) is 2. The molecule has 2 N–H and O–H groups in total. The molecule has 7 heteroatoms. The highest BCUT2D eigenvalue weighted by atomic mass is 35.5. The second-order valence-electron chi connectivity index (χ2n) is 6.05. The van der Waals surface area contributed by atoms with Gasteiger partial charge < -0.3 is 5.73 Å². The van der Waals surface area contributed by atoms with Crippen LogP contribution in [0.3, 0.4) is 0 Å². The normalized spacial score (nSPS) is 18.3. The molecule has 2 amide bonds. The quantitative estimate of drug-likeness (QED) is 0.631. The van der Waals surface area contributed by atoms with Gasteiger partial charge in [0.05, 0.1) is 10.9 Å². The van der Waals surface area contributed by atoms with Crippen LogP contribution in [0.5, 0.6) is 0 Å². The molecule has 1 atom stereocenters. The maximum absolute atomic E-state index is 13.2. The SMILES string of the molecule is Cc1ccccc1N1C(=O)C(Cc2ccc(Cl)cc2)SC1=C(C#N)C(N)=O. The van der Waals surface area contributed by atoms with Gasteiger partial charge in [-0.15, -0.1) is 0 Å². The summed E-state index contributed by atoms with van der Waals surface area (Å²) in [6, 6.07) is 16.4. The van der Waals surface area contributed by atoms with Crippen LogP contribution >= 0.6 is 23.4 Å². The Labute approximate surface area is 166 Å². The number of nitriles is 1. The Bertz CT molecular complexity index is 979. The van der Waals surface area contributed by atoms with Crippen molar-refractivity contribution >= 4 is 40.9 Å².